The summed E-state index contributed by atoms with van der Waals surface area (Å²) < 4.78 is 0.955. The van der Waals surface area contributed by atoms with E-state index in [1.807, 2.05) is 0 Å². The Kier molecular flexibility index (Phi) is 14.7. The minimum absolute atomic E-state index is 0. The Labute approximate surface area is 160 Å². The smallest absolute Gasteiger partial charge is 0.104 e. The number of aliphatic hydroxyl groups is 1. The number of quaternary nitrogens is 1. The van der Waals surface area contributed by atoms with E-state index in [4.69, 9.17) is 0 Å². The van der Waals surface area contributed by atoms with Crippen molar-refractivity contribution in [2.24, 2.45) is 0 Å². The molecule has 0 fully saturated rings. The predicted molar refractivity (Wildman–Crippen MR) is 100 cm³/mol. The third kappa shape index (κ3) is 11.2. The second-order valence-electron chi connectivity index (χ2n) is 7.26. The van der Waals surface area contributed by atoms with Crippen LogP contribution < -0.4 is 17.0 Å². The predicted octanol–water partition coefficient (Wildman–Crippen LogP) is 2.16. The summed E-state index contributed by atoms with van der Waals surface area (Å²) in [6.07, 6.45) is 12.4. The van der Waals surface area contributed by atoms with Gasteiger partial charge in [0.15, 0.2) is 0 Å². The van der Waals surface area contributed by atoms with Crippen molar-refractivity contribution in [3.8, 4) is 0 Å². The van der Waals surface area contributed by atoms with Gasteiger partial charge < -0.3 is 26.6 Å². The molecule has 0 aliphatic carbocycles. The molecule has 24 heavy (non-hydrogen) atoms. The van der Waals surface area contributed by atoms with E-state index in [1.54, 1.807) is 0 Å². The summed E-state index contributed by atoms with van der Waals surface area (Å²) in [6, 6.07) is 10.7. The highest BCUT2D eigenvalue weighted by molar-refractivity contribution is 5.13. The normalized spacial score (nSPS) is 13.3. The maximum absolute atomic E-state index is 9.41. The Balaban J connectivity index is 0.00000529. The molecule has 1 unspecified atom stereocenters. The van der Waals surface area contributed by atoms with Crippen molar-refractivity contribution in [3.63, 3.8) is 0 Å². The van der Waals surface area contributed by atoms with Crippen molar-refractivity contribution in [2.45, 2.75) is 71.3 Å². The zero-order chi connectivity index (χ0) is 16.8. The van der Waals surface area contributed by atoms with E-state index in [1.165, 1.54) is 69.9 Å². The van der Waals surface area contributed by atoms with E-state index >= 15 is 0 Å². The largest absolute Gasteiger partial charge is 1.00 e. The van der Waals surface area contributed by atoms with Gasteiger partial charge in [0, 0.05) is 5.56 Å². The number of hydrogen-bond acceptors (Lipinski definition) is 1. The standard InChI is InChI=1S/C21H38NO.BrH/c1-3-4-5-6-7-8-9-10-14-17-22(2,18-19-23)20-21-15-12-11-13-16-21;/h11-13,15-16,23H,3-10,14,17-20H2,1-2H3;1H/q+1;/p-1. The van der Waals surface area contributed by atoms with Crippen molar-refractivity contribution in [1.29, 1.82) is 0 Å². The van der Waals surface area contributed by atoms with Gasteiger partial charge in [0.05, 0.1) is 20.2 Å². The first-order chi connectivity index (χ1) is 11.2. The average Bonchev–Trinajstić information content (AvgIpc) is 2.54. The van der Waals surface area contributed by atoms with Gasteiger partial charge in [-0.25, -0.2) is 0 Å². The summed E-state index contributed by atoms with van der Waals surface area (Å²) in [5, 5.41) is 9.41. The fraction of sp³-hybridized carbons (Fsp3) is 0.714. The second kappa shape index (κ2) is 14.9. The van der Waals surface area contributed by atoms with Gasteiger partial charge >= 0.3 is 0 Å². The van der Waals surface area contributed by atoms with Crippen LogP contribution in [0.3, 0.4) is 0 Å². The zero-order valence-electron chi connectivity index (χ0n) is 15.9. The van der Waals surface area contributed by atoms with Crippen LogP contribution >= 0.6 is 0 Å². The molecule has 1 N–H and O–H groups in total. The van der Waals surface area contributed by atoms with E-state index in [0.29, 0.717) is 0 Å². The maximum atomic E-state index is 9.41. The number of hydrogen-bond donors (Lipinski definition) is 1. The number of halogens is 1. The fourth-order valence-corrected chi connectivity index (χ4v) is 3.34. The van der Waals surface area contributed by atoms with E-state index in [9.17, 15) is 5.11 Å². The van der Waals surface area contributed by atoms with E-state index in [-0.39, 0.29) is 23.6 Å². The summed E-state index contributed by atoms with van der Waals surface area (Å²) in [5.41, 5.74) is 1.37. The SMILES string of the molecule is CCCCCCCCCCC[N+](C)(CCO)Cc1ccccc1.[Br-]. The topological polar surface area (TPSA) is 20.2 Å². The molecule has 0 saturated carbocycles. The minimum atomic E-state index is 0. The average molecular weight is 400 g/mol. The molecule has 140 valence electrons. The second-order valence-corrected chi connectivity index (χ2v) is 7.26. The number of rotatable bonds is 14. The van der Waals surface area contributed by atoms with Gasteiger partial charge in [-0.15, -0.1) is 0 Å². The Bertz CT molecular complexity index is 385. The molecule has 0 saturated heterocycles. The number of aliphatic hydroxyl groups excluding tert-OH is 1. The minimum Gasteiger partial charge on any atom is -1.00 e. The van der Waals surface area contributed by atoms with Crippen molar-refractivity contribution < 1.29 is 26.6 Å². The van der Waals surface area contributed by atoms with E-state index in [0.717, 1.165) is 17.6 Å². The summed E-state index contributed by atoms with van der Waals surface area (Å²) in [4.78, 5) is 0. The first kappa shape index (κ1) is 23.6. The van der Waals surface area contributed by atoms with E-state index in [2.05, 4.69) is 44.3 Å². The van der Waals surface area contributed by atoms with Crippen LogP contribution in [0.25, 0.3) is 0 Å². The first-order valence-electron chi connectivity index (χ1n) is 9.68. The van der Waals surface area contributed by atoms with Crippen molar-refractivity contribution in [1.82, 2.24) is 0 Å². The highest BCUT2D eigenvalue weighted by Gasteiger charge is 2.20. The molecule has 0 bridgehead atoms. The molecule has 1 aromatic carbocycles. The monoisotopic (exact) mass is 399 g/mol. The van der Waals surface area contributed by atoms with Crippen LogP contribution in [0, 0.1) is 0 Å². The molecule has 0 aliphatic heterocycles. The van der Waals surface area contributed by atoms with Crippen LogP contribution in [-0.2, 0) is 6.54 Å². The summed E-state index contributed by atoms with van der Waals surface area (Å²) >= 11 is 0. The Hall–Kier alpha value is -0.380. The summed E-state index contributed by atoms with van der Waals surface area (Å²) in [6.45, 7) is 5.60. The molecule has 1 aromatic rings. The fourth-order valence-electron chi connectivity index (χ4n) is 3.34. The number of likely N-dealkylation sites (N-methyl/N-ethyl adjacent to an activating group) is 1. The van der Waals surface area contributed by atoms with Crippen LogP contribution in [0.1, 0.15) is 70.3 Å². The molecule has 0 aromatic heterocycles. The molecule has 2 nitrogen and oxygen atoms in total. The van der Waals surface area contributed by atoms with Gasteiger partial charge in [-0.1, -0.05) is 82.2 Å². The Morgan fingerprint density at radius 3 is 1.88 bits per heavy atom. The van der Waals surface area contributed by atoms with E-state index < -0.39 is 0 Å². The molecule has 0 amide bonds. The Morgan fingerprint density at radius 1 is 0.792 bits per heavy atom. The van der Waals surface area contributed by atoms with Crippen LogP contribution in [0.2, 0.25) is 0 Å². The molecular weight excluding hydrogens is 362 g/mol. The lowest BCUT2D eigenvalue weighted by molar-refractivity contribution is -0.923. The summed E-state index contributed by atoms with van der Waals surface area (Å²) in [5.74, 6) is 0. The van der Waals surface area contributed by atoms with Crippen molar-refractivity contribution in [3.05, 3.63) is 35.9 Å². The molecule has 0 radical (unpaired) electrons. The summed E-state index contributed by atoms with van der Waals surface area (Å²) in [7, 11) is 2.29. The van der Waals surface area contributed by atoms with Gasteiger partial charge in [0.1, 0.15) is 13.1 Å². The third-order valence-electron chi connectivity index (χ3n) is 4.85. The quantitative estimate of drug-likeness (QED) is 0.375. The molecule has 0 heterocycles. The van der Waals surface area contributed by atoms with Gasteiger partial charge in [0.25, 0.3) is 0 Å². The van der Waals surface area contributed by atoms with Crippen molar-refractivity contribution in [2.75, 3.05) is 26.7 Å². The number of nitrogens with zero attached hydrogens (tertiary/aromatic N) is 1. The third-order valence-corrected chi connectivity index (χ3v) is 4.85. The van der Waals surface area contributed by atoms with Crippen molar-refractivity contribution >= 4 is 0 Å². The molecule has 0 aliphatic rings. The van der Waals surface area contributed by atoms with Crippen LogP contribution in [-0.4, -0.2) is 36.3 Å². The number of unbranched alkanes of at least 4 members (excludes halogenated alkanes) is 8. The molecule has 0 spiro atoms. The maximum Gasteiger partial charge on any atom is 0.104 e. The lowest BCUT2D eigenvalue weighted by Gasteiger charge is -2.34. The Morgan fingerprint density at radius 2 is 1.33 bits per heavy atom. The lowest BCUT2D eigenvalue weighted by atomic mass is 10.1. The molecule has 1 atom stereocenters. The van der Waals surface area contributed by atoms with Gasteiger partial charge in [-0.2, -0.15) is 0 Å². The van der Waals surface area contributed by atoms with Crippen LogP contribution in [0.4, 0.5) is 0 Å². The molecule has 3 heteroatoms. The van der Waals surface area contributed by atoms with Crippen LogP contribution in [0.15, 0.2) is 30.3 Å². The first-order valence-corrected chi connectivity index (χ1v) is 9.68. The van der Waals surface area contributed by atoms with Gasteiger partial charge in [0.2, 0.25) is 0 Å². The highest BCUT2D eigenvalue weighted by atomic mass is 79.9. The van der Waals surface area contributed by atoms with Gasteiger partial charge in [-0.05, 0) is 12.8 Å². The zero-order valence-corrected chi connectivity index (χ0v) is 17.4. The molecular formula is C21H38BrNO. The molecule has 1 rings (SSSR count). The lowest BCUT2D eigenvalue weighted by Crippen LogP contribution is -3.00. The van der Waals surface area contributed by atoms with Crippen LogP contribution in [0.5, 0.6) is 0 Å². The highest BCUT2D eigenvalue weighted by Crippen LogP contribution is 2.15. The van der Waals surface area contributed by atoms with Gasteiger partial charge in [-0.3, -0.25) is 0 Å². The number of benzene rings is 1.